The zero-order chi connectivity index (χ0) is 21.6. The molecule has 0 spiro atoms. The molecule has 6 nitrogen and oxygen atoms in total. The number of benzene rings is 3. The number of sulfonamides is 1. The molecule has 0 radical (unpaired) electrons. The molecule has 0 bridgehead atoms. The van der Waals surface area contributed by atoms with Gasteiger partial charge < -0.3 is 10.1 Å². The highest BCUT2D eigenvalue weighted by Crippen LogP contribution is 2.20. The molecular weight excluding hydrogens is 400 g/mol. The van der Waals surface area contributed by atoms with Gasteiger partial charge in [-0.15, -0.1) is 0 Å². The van der Waals surface area contributed by atoms with Gasteiger partial charge in [0.1, 0.15) is 5.75 Å². The number of nitrogens with one attached hydrogen (secondary N) is 2. The molecule has 7 heteroatoms. The summed E-state index contributed by atoms with van der Waals surface area (Å²) in [4.78, 5) is 12.5. The van der Waals surface area contributed by atoms with Gasteiger partial charge in [0.2, 0.25) is 0 Å². The SMILES string of the molecule is CCOc1ccc(S(=O)(=O)Nc2ccc(C(=O)NCc3ccc(C)cc3)cc2)cc1. The molecule has 0 aliphatic heterocycles. The van der Waals surface area contributed by atoms with Crippen LogP contribution in [0.2, 0.25) is 0 Å². The zero-order valence-electron chi connectivity index (χ0n) is 16.9. The summed E-state index contributed by atoms with van der Waals surface area (Å²) in [6.07, 6.45) is 0. The smallest absolute Gasteiger partial charge is 0.261 e. The number of carbonyl (C=O) groups excluding carboxylic acids is 1. The second-order valence-corrected chi connectivity index (χ2v) is 8.44. The van der Waals surface area contributed by atoms with E-state index >= 15 is 0 Å². The molecule has 3 rings (SSSR count). The van der Waals surface area contributed by atoms with Gasteiger partial charge in [-0.1, -0.05) is 29.8 Å². The molecule has 0 saturated heterocycles. The number of aryl methyl sites for hydroxylation is 1. The summed E-state index contributed by atoms with van der Waals surface area (Å²) >= 11 is 0. The molecule has 0 fully saturated rings. The van der Waals surface area contributed by atoms with Crippen molar-refractivity contribution in [3.05, 3.63) is 89.5 Å². The van der Waals surface area contributed by atoms with Crippen LogP contribution in [0.3, 0.4) is 0 Å². The summed E-state index contributed by atoms with van der Waals surface area (Å²) in [6.45, 7) is 4.80. The molecule has 0 heterocycles. The second-order valence-electron chi connectivity index (χ2n) is 6.76. The largest absolute Gasteiger partial charge is 0.494 e. The van der Waals surface area contributed by atoms with E-state index in [-0.39, 0.29) is 10.8 Å². The van der Waals surface area contributed by atoms with Gasteiger partial charge in [-0.2, -0.15) is 0 Å². The quantitative estimate of drug-likeness (QED) is 0.570. The predicted molar refractivity (Wildman–Crippen MR) is 117 cm³/mol. The minimum absolute atomic E-state index is 0.130. The van der Waals surface area contributed by atoms with E-state index in [1.165, 1.54) is 12.1 Å². The van der Waals surface area contributed by atoms with E-state index in [4.69, 9.17) is 4.74 Å². The van der Waals surface area contributed by atoms with Gasteiger partial charge in [-0.25, -0.2) is 8.42 Å². The molecule has 0 saturated carbocycles. The van der Waals surface area contributed by atoms with Crippen molar-refractivity contribution in [3.63, 3.8) is 0 Å². The van der Waals surface area contributed by atoms with Gasteiger partial charge in [0, 0.05) is 17.8 Å². The van der Waals surface area contributed by atoms with Crippen molar-refractivity contribution in [2.45, 2.75) is 25.3 Å². The van der Waals surface area contributed by atoms with Crippen molar-refractivity contribution >= 4 is 21.6 Å². The van der Waals surface area contributed by atoms with E-state index in [9.17, 15) is 13.2 Å². The Bertz CT molecular complexity index is 1090. The molecule has 30 heavy (non-hydrogen) atoms. The van der Waals surface area contributed by atoms with Gasteiger partial charge in [-0.05, 0) is 67.9 Å². The second kappa shape index (κ2) is 9.45. The minimum atomic E-state index is -3.73. The Kier molecular flexibility index (Phi) is 6.74. The van der Waals surface area contributed by atoms with Crippen molar-refractivity contribution in [2.75, 3.05) is 11.3 Å². The Labute approximate surface area is 177 Å². The lowest BCUT2D eigenvalue weighted by Crippen LogP contribution is -2.22. The fourth-order valence-electron chi connectivity index (χ4n) is 2.78. The molecule has 0 atom stereocenters. The van der Waals surface area contributed by atoms with E-state index in [1.807, 2.05) is 38.1 Å². The van der Waals surface area contributed by atoms with Gasteiger partial charge in [0.05, 0.1) is 11.5 Å². The van der Waals surface area contributed by atoms with E-state index in [2.05, 4.69) is 10.0 Å². The van der Waals surface area contributed by atoms with Gasteiger partial charge in [0.25, 0.3) is 15.9 Å². The first kappa shape index (κ1) is 21.4. The summed E-state index contributed by atoms with van der Waals surface area (Å²) in [5.41, 5.74) is 2.99. The van der Waals surface area contributed by atoms with Crippen LogP contribution in [-0.2, 0) is 16.6 Å². The molecule has 0 aliphatic carbocycles. The third-order valence-corrected chi connectivity index (χ3v) is 5.82. The highest BCUT2D eigenvalue weighted by molar-refractivity contribution is 7.92. The number of hydrogen-bond acceptors (Lipinski definition) is 4. The van der Waals surface area contributed by atoms with Gasteiger partial charge >= 0.3 is 0 Å². The average Bonchev–Trinajstić information content (AvgIpc) is 2.74. The molecule has 2 N–H and O–H groups in total. The average molecular weight is 425 g/mol. The van der Waals surface area contributed by atoms with Gasteiger partial charge in [-0.3, -0.25) is 9.52 Å². The molecule has 3 aromatic carbocycles. The monoisotopic (exact) mass is 424 g/mol. The number of hydrogen-bond donors (Lipinski definition) is 2. The summed E-state index contributed by atoms with van der Waals surface area (Å²) in [5, 5.41) is 2.85. The summed E-state index contributed by atoms with van der Waals surface area (Å²) in [6, 6.07) is 20.4. The van der Waals surface area contributed by atoms with E-state index < -0.39 is 10.0 Å². The predicted octanol–water partition coefficient (Wildman–Crippen LogP) is 4.12. The van der Waals surface area contributed by atoms with Crippen LogP contribution in [0.1, 0.15) is 28.4 Å². The van der Waals surface area contributed by atoms with Crippen LogP contribution in [0.15, 0.2) is 77.7 Å². The fraction of sp³-hybridized carbons (Fsp3) is 0.174. The van der Waals surface area contributed by atoms with Crippen LogP contribution in [0.25, 0.3) is 0 Å². The molecule has 0 aromatic heterocycles. The lowest BCUT2D eigenvalue weighted by molar-refractivity contribution is 0.0951. The molecule has 0 unspecified atom stereocenters. The number of carbonyl (C=O) groups is 1. The maximum absolute atomic E-state index is 12.5. The van der Waals surface area contributed by atoms with Crippen LogP contribution in [0, 0.1) is 6.92 Å². The van der Waals surface area contributed by atoms with Crippen LogP contribution < -0.4 is 14.8 Å². The normalized spacial score (nSPS) is 11.0. The lowest BCUT2D eigenvalue weighted by Gasteiger charge is -2.10. The van der Waals surface area contributed by atoms with E-state index in [0.29, 0.717) is 30.2 Å². The minimum Gasteiger partial charge on any atom is -0.494 e. The maximum atomic E-state index is 12.5. The van der Waals surface area contributed by atoms with Crippen molar-refractivity contribution in [3.8, 4) is 5.75 Å². The number of rotatable bonds is 8. The lowest BCUT2D eigenvalue weighted by atomic mass is 10.1. The van der Waals surface area contributed by atoms with Crippen LogP contribution in [0.4, 0.5) is 5.69 Å². The first-order valence-electron chi connectivity index (χ1n) is 9.57. The molecule has 0 aliphatic rings. The number of amides is 1. The van der Waals surface area contributed by atoms with Crippen LogP contribution >= 0.6 is 0 Å². The van der Waals surface area contributed by atoms with Crippen molar-refractivity contribution < 1.29 is 17.9 Å². The van der Waals surface area contributed by atoms with E-state index in [1.54, 1.807) is 36.4 Å². The number of ether oxygens (including phenoxy) is 1. The number of anilines is 1. The highest BCUT2D eigenvalue weighted by Gasteiger charge is 2.15. The first-order chi connectivity index (χ1) is 14.4. The Morgan fingerprint density at radius 1 is 0.900 bits per heavy atom. The van der Waals surface area contributed by atoms with Crippen molar-refractivity contribution in [1.29, 1.82) is 0 Å². The maximum Gasteiger partial charge on any atom is 0.261 e. The summed E-state index contributed by atoms with van der Waals surface area (Å²) < 4.78 is 32.9. The standard InChI is InChI=1S/C23H24N2O4S/c1-3-29-21-12-14-22(15-13-21)30(27,28)25-20-10-8-19(9-11-20)23(26)24-16-18-6-4-17(2)5-7-18/h4-15,25H,3,16H2,1-2H3,(H,24,26). The Morgan fingerprint density at radius 2 is 1.53 bits per heavy atom. The first-order valence-corrected chi connectivity index (χ1v) is 11.0. The molecule has 3 aromatic rings. The summed E-state index contributed by atoms with van der Waals surface area (Å²) in [5.74, 6) is 0.383. The molecular formula is C23H24N2O4S. The Hall–Kier alpha value is -3.32. The molecule has 1 amide bonds. The van der Waals surface area contributed by atoms with Crippen LogP contribution in [0.5, 0.6) is 5.75 Å². The van der Waals surface area contributed by atoms with Crippen molar-refractivity contribution in [1.82, 2.24) is 5.32 Å². The Morgan fingerprint density at radius 3 is 2.13 bits per heavy atom. The molecule has 156 valence electrons. The Balaban J connectivity index is 1.61. The third-order valence-electron chi connectivity index (χ3n) is 4.42. The van der Waals surface area contributed by atoms with Crippen LogP contribution in [-0.4, -0.2) is 20.9 Å². The zero-order valence-corrected chi connectivity index (χ0v) is 17.7. The van der Waals surface area contributed by atoms with Crippen molar-refractivity contribution in [2.24, 2.45) is 0 Å². The highest BCUT2D eigenvalue weighted by atomic mass is 32.2. The van der Waals surface area contributed by atoms with Gasteiger partial charge in [0.15, 0.2) is 0 Å². The van der Waals surface area contributed by atoms with E-state index in [0.717, 1.165) is 11.1 Å². The fourth-order valence-corrected chi connectivity index (χ4v) is 3.83. The third kappa shape index (κ3) is 5.61. The topological polar surface area (TPSA) is 84.5 Å². The summed E-state index contributed by atoms with van der Waals surface area (Å²) in [7, 11) is -3.73.